The fourth-order valence-corrected chi connectivity index (χ4v) is 16.2. The van der Waals surface area contributed by atoms with Gasteiger partial charge in [-0.2, -0.15) is 0 Å². The maximum atomic E-state index is 13.5. The van der Waals surface area contributed by atoms with E-state index in [1.54, 1.807) is 0 Å². The molecule has 1 atom stereocenters. The van der Waals surface area contributed by atoms with Crippen LogP contribution in [-0.2, 0) is 53.4 Å². The molecule has 12 nitrogen and oxygen atoms in total. The van der Waals surface area contributed by atoms with Crippen LogP contribution in [0.4, 0.5) is 0 Å². The molecule has 1 unspecified atom stereocenters. The average molecular weight is 638 g/mol. The van der Waals surface area contributed by atoms with Gasteiger partial charge in [0.2, 0.25) is 0 Å². The van der Waals surface area contributed by atoms with Gasteiger partial charge in [-0.3, -0.25) is 0 Å². The molecule has 234 valence electrons. The quantitative estimate of drug-likeness (QED) is 0.0933. The summed E-state index contributed by atoms with van der Waals surface area (Å²) in [5.74, 6) is 0. The number of hydrogen-bond acceptors (Lipinski definition) is 12. The molecule has 0 aromatic rings. The van der Waals surface area contributed by atoms with Crippen LogP contribution in [0.25, 0.3) is 0 Å². The van der Waals surface area contributed by atoms with Crippen LogP contribution in [0.3, 0.4) is 0 Å². The van der Waals surface area contributed by atoms with E-state index in [9.17, 15) is 4.57 Å². The summed E-state index contributed by atoms with van der Waals surface area (Å²) >= 11 is 0. The van der Waals surface area contributed by atoms with Crippen molar-refractivity contribution < 1.29 is 53.4 Å². The van der Waals surface area contributed by atoms with E-state index in [-0.39, 0.29) is 46.2 Å². The van der Waals surface area contributed by atoms with Crippen molar-refractivity contribution in [3.05, 3.63) is 0 Å². The summed E-state index contributed by atoms with van der Waals surface area (Å²) in [7, 11) is -13.5. The van der Waals surface area contributed by atoms with Gasteiger partial charge < -0.3 is 39.8 Å². The van der Waals surface area contributed by atoms with E-state index in [2.05, 4.69) is 0 Å². The molecule has 0 aliphatic carbocycles. The first-order chi connectivity index (χ1) is 18.5. The molecule has 0 spiro atoms. The Morgan fingerprint density at radius 2 is 0.821 bits per heavy atom. The molecule has 0 saturated carbocycles. The lowest BCUT2D eigenvalue weighted by Crippen LogP contribution is -2.71. The molecule has 0 amide bonds. The molecule has 0 bridgehead atoms. The van der Waals surface area contributed by atoms with Crippen LogP contribution >= 0.6 is 8.25 Å². The van der Waals surface area contributed by atoms with Gasteiger partial charge in [0.25, 0.3) is 5.35 Å². The Morgan fingerprint density at radius 1 is 0.538 bits per heavy atom. The molecular weight excluding hydrogens is 583 g/mol. The fraction of sp³-hybridized carbons (Fsp3) is 1.00. The Labute approximate surface area is 240 Å². The minimum atomic E-state index is -3.75. The standard InChI is InChI=1S/C23H54O12PSi3/c1-12-26-37(27-13-2,28-14-3)22(38(29-15-4,30-16-5)31-17-6)35-36(24)25-21-23(10,11)39(32-18-7,33-19-8)34-20-9/h22H,12-21H2,1-11H3/q+1. The van der Waals surface area contributed by atoms with Crippen molar-refractivity contribution in [1.82, 2.24) is 0 Å². The zero-order valence-corrected chi connectivity index (χ0v) is 29.9. The fourth-order valence-electron chi connectivity index (χ4n) is 3.96. The highest BCUT2D eigenvalue weighted by Crippen LogP contribution is 2.44. The van der Waals surface area contributed by atoms with Crippen LogP contribution in [0.2, 0.25) is 5.04 Å². The van der Waals surface area contributed by atoms with E-state index in [4.69, 9.17) is 48.9 Å². The minimum Gasteiger partial charge on any atom is -0.373 e. The van der Waals surface area contributed by atoms with Crippen LogP contribution in [0.1, 0.15) is 76.2 Å². The predicted octanol–water partition coefficient (Wildman–Crippen LogP) is 5.05. The molecule has 0 N–H and O–H groups in total. The number of hydrogen-bond donors (Lipinski definition) is 0. The normalized spacial score (nSPS) is 13.9. The van der Waals surface area contributed by atoms with E-state index >= 15 is 0 Å². The average Bonchev–Trinajstić information content (AvgIpc) is 2.87. The van der Waals surface area contributed by atoms with E-state index in [1.807, 2.05) is 76.2 Å². The van der Waals surface area contributed by atoms with E-state index in [0.29, 0.717) is 19.8 Å². The largest absolute Gasteiger partial charge is 0.697 e. The molecule has 16 heteroatoms. The predicted molar refractivity (Wildman–Crippen MR) is 154 cm³/mol. The van der Waals surface area contributed by atoms with E-state index < -0.39 is 45.1 Å². The Morgan fingerprint density at radius 3 is 1.08 bits per heavy atom. The van der Waals surface area contributed by atoms with Gasteiger partial charge in [-0.05, 0) is 62.3 Å². The Balaban J connectivity index is 6.48. The second kappa shape index (κ2) is 20.3. The van der Waals surface area contributed by atoms with Crippen LogP contribution in [0.15, 0.2) is 0 Å². The molecular formula is C23H54O12PSi3+. The van der Waals surface area contributed by atoms with E-state index in [0.717, 1.165) is 0 Å². The highest BCUT2D eigenvalue weighted by atomic mass is 31.1. The molecule has 0 aliphatic rings. The van der Waals surface area contributed by atoms with Gasteiger partial charge in [0.05, 0.1) is 5.04 Å². The first-order valence-corrected chi connectivity index (χ1v) is 20.5. The van der Waals surface area contributed by atoms with Crippen molar-refractivity contribution in [2.45, 2.75) is 86.5 Å². The molecule has 0 radical (unpaired) electrons. The summed E-state index contributed by atoms with van der Waals surface area (Å²) < 4.78 is 80.5. The third-order valence-corrected chi connectivity index (χ3v) is 18.0. The smallest absolute Gasteiger partial charge is 0.373 e. The lowest BCUT2D eigenvalue weighted by molar-refractivity contribution is -0.00478. The molecule has 0 saturated heterocycles. The second-order valence-electron chi connectivity index (χ2n) is 8.53. The van der Waals surface area contributed by atoms with Crippen molar-refractivity contribution in [3.63, 3.8) is 0 Å². The van der Waals surface area contributed by atoms with Crippen LogP contribution in [0.5, 0.6) is 0 Å². The van der Waals surface area contributed by atoms with Gasteiger partial charge in [-0.25, -0.2) is 0 Å². The summed E-state index contributed by atoms with van der Waals surface area (Å²) in [6.07, 6.45) is 0. The van der Waals surface area contributed by atoms with Gasteiger partial charge in [0.1, 0.15) is 6.61 Å². The summed E-state index contributed by atoms with van der Waals surface area (Å²) in [5, 5.41) is -1.91. The number of rotatable bonds is 26. The monoisotopic (exact) mass is 637 g/mol. The highest BCUT2D eigenvalue weighted by Gasteiger charge is 2.71. The van der Waals surface area contributed by atoms with Gasteiger partial charge in [0.15, 0.2) is 0 Å². The maximum Gasteiger partial charge on any atom is 0.697 e. The molecule has 0 aromatic carbocycles. The van der Waals surface area contributed by atoms with Crippen LogP contribution < -0.4 is 0 Å². The molecule has 0 rings (SSSR count). The first-order valence-electron chi connectivity index (χ1n) is 14.1. The van der Waals surface area contributed by atoms with Gasteiger partial charge >= 0.3 is 34.7 Å². The molecule has 0 aliphatic heterocycles. The first kappa shape index (κ1) is 39.3. The van der Waals surface area contributed by atoms with Crippen molar-refractivity contribution in [1.29, 1.82) is 0 Å². The summed E-state index contributed by atoms with van der Waals surface area (Å²) in [6.45, 7) is 23.1. The molecule has 0 aromatic heterocycles. The van der Waals surface area contributed by atoms with Crippen molar-refractivity contribution >= 4 is 34.7 Å². The van der Waals surface area contributed by atoms with Crippen molar-refractivity contribution in [3.8, 4) is 0 Å². The SMILES string of the molecule is CCO[Si](OCC)(OCC)C(O[P+](=O)OCC(C)(C)[Si](OCC)(OCC)OCC)[Si](OCC)(OCC)OCC. The lowest BCUT2D eigenvalue weighted by atomic mass is 10.2. The Hall–Kier alpha value is 0.311. The van der Waals surface area contributed by atoms with Crippen LogP contribution in [-0.4, -0.2) is 97.8 Å². The highest BCUT2D eigenvalue weighted by molar-refractivity contribution is 7.33. The zero-order chi connectivity index (χ0) is 30.0. The second-order valence-corrected chi connectivity index (χ2v) is 18.5. The molecule has 39 heavy (non-hydrogen) atoms. The third-order valence-electron chi connectivity index (χ3n) is 5.27. The molecule has 0 fully saturated rings. The zero-order valence-electron chi connectivity index (χ0n) is 26.0. The Kier molecular flexibility index (Phi) is 20.4. The van der Waals surface area contributed by atoms with Crippen molar-refractivity contribution in [2.75, 3.05) is 66.1 Å². The third kappa shape index (κ3) is 11.1. The van der Waals surface area contributed by atoms with Gasteiger partial charge in [-0.1, -0.05) is 13.8 Å². The van der Waals surface area contributed by atoms with Gasteiger partial charge in [0, 0.05) is 64.0 Å². The Bertz CT molecular complexity index is 585. The minimum absolute atomic E-state index is 0.0277. The summed E-state index contributed by atoms with van der Waals surface area (Å²) in [5.41, 5.74) is 0. The van der Waals surface area contributed by atoms with Crippen LogP contribution in [0, 0.1) is 0 Å². The maximum absolute atomic E-state index is 13.5. The van der Waals surface area contributed by atoms with E-state index in [1.165, 1.54) is 0 Å². The summed E-state index contributed by atoms with van der Waals surface area (Å²) in [4.78, 5) is 0. The van der Waals surface area contributed by atoms with Crippen molar-refractivity contribution in [2.24, 2.45) is 0 Å². The van der Waals surface area contributed by atoms with Gasteiger partial charge in [-0.15, -0.1) is 9.05 Å². The topological polar surface area (TPSA) is 119 Å². The molecule has 0 heterocycles. The lowest BCUT2D eigenvalue weighted by Gasteiger charge is -2.40. The summed E-state index contributed by atoms with van der Waals surface area (Å²) in [6, 6.07) is 0.